The highest BCUT2D eigenvalue weighted by Crippen LogP contribution is 2.45. The molecule has 1 aliphatic carbocycles. The molecule has 1 aromatic heterocycles. The number of nitrogens with two attached hydrogens (primary N) is 1. The second-order valence-corrected chi connectivity index (χ2v) is 4.30. The van der Waals surface area contributed by atoms with Crippen molar-refractivity contribution in [1.82, 2.24) is 10.2 Å². The molecule has 0 bridgehead atoms. The van der Waals surface area contributed by atoms with Crippen LogP contribution in [-0.4, -0.2) is 10.2 Å². The van der Waals surface area contributed by atoms with Crippen molar-refractivity contribution in [3.05, 3.63) is 35.5 Å². The average molecular weight is 235 g/mol. The number of nitrogens with one attached hydrogen (secondary N) is 1. The van der Waals surface area contributed by atoms with Gasteiger partial charge in [0.15, 0.2) is 5.82 Å². The Bertz CT molecular complexity index is 573. The van der Waals surface area contributed by atoms with Crippen LogP contribution in [0.25, 0.3) is 11.1 Å². The monoisotopic (exact) mass is 235 g/mol. The van der Waals surface area contributed by atoms with Gasteiger partial charge in [-0.05, 0) is 25.0 Å². The van der Waals surface area contributed by atoms with Crippen molar-refractivity contribution in [2.24, 2.45) is 0 Å². The molecule has 0 amide bonds. The van der Waals surface area contributed by atoms with E-state index in [9.17, 15) is 8.78 Å². The van der Waals surface area contributed by atoms with Gasteiger partial charge < -0.3 is 5.73 Å². The molecule has 3 N–H and O–H groups in total. The van der Waals surface area contributed by atoms with Gasteiger partial charge >= 0.3 is 0 Å². The fraction of sp³-hybridized carbons (Fsp3) is 0.250. The topological polar surface area (TPSA) is 54.7 Å². The smallest absolute Gasteiger partial charge is 0.153 e. The Kier molecular flexibility index (Phi) is 2.14. The van der Waals surface area contributed by atoms with Crippen LogP contribution in [0, 0.1) is 11.6 Å². The van der Waals surface area contributed by atoms with Crippen LogP contribution in [0.3, 0.4) is 0 Å². The van der Waals surface area contributed by atoms with E-state index in [0.717, 1.165) is 24.6 Å². The molecule has 1 heterocycles. The van der Waals surface area contributed by atoms with Crippen LogP contribution in [0.4, 0.5) is 14.6 Å². The molecule has 0 atom stereocenters. The second kappa shape index (κ2) is 3.55. The Hall–Kier alpha value is -1.91. The van der Waals surface area contributed by atoms with Crippen molar-refractivity contribution in [2.75, 3.05) is 5.73 Å². The Morgan fingerprint density at radius 1 is 1.29 bits per heavy atom. The number of hydrogen-bond acceptors (Lipinski definition) is 2. The maximum absolute atomic E-state index is 13.7. The van der Waals surface area contributed by atoms with E-state index in [1.165, 1.54) is 12.1 Å². The van der Waals surface area contributed by atoms with E-state index in [-0.39, 0.29) is 5.82 Å². The number of rotatable bonds is 2. The quantitative estimate of drug-likeness (QED) is 0.840. The molecule has 3 nitrogen and oxygen atoms in total. The molecule has 0 radical (unpaired) electrons. The Balaban J connectivity index is 2.16. The summed E-state index contributed by atoms with van der Waals surface area (Å²) in [5.74, 6) is -0.571. The Morgan fingerprint density at radius 3 is 2.71 bits per heavy atom. The fourth-order valence-electron chi connectivity index (χ4n) is 2.01. The van der Waals surface area contributed by atoms with Gasteiger partial charge in [-0.2, -0.15) is 5.10 Å². The number of hydrogen-bond donors (Lipinski definition) is 2. The first-order valence-corrected chi connectivity index (χ1v) is 5.46. The van der Waals surface area contributed by atoms with Crippen LogP contribution in [0.1, 0.15) is 24.5 Å². The van der Waals surface area contributed by atoms with Crippen molar-refractivity contribution < 1.29 is 8.78 Å². The molecule has 1 aliphatic rings. The minimum absolute atomic E-state index is 0.261. The summed E-state index contributed by atoms with van der Waals surface area (Å²) < 4.78 is 26.6. The van der Waals surface area contributed by atoms with Gasteiger partial charge in [-0.25, -0.2) is 8.78 Å². The molecular weight excluding hydrogens is 224 g/mol. The number of halogens is 2. The summed E-state index contributed by atoms with van der Waals surface area (Å²) in [6.07, 6.45) is 2.11. The summed E-state index contributed by atoms with van der Waals surface area (Å²) >= 11 is 0. The first-order valence-electron chi connectivity index (χ1n) is 5.46. The number of H-pyrrole nitrogens is 1. The van der Waals surface area contributed by atoms with Gasteiger partial charge in [-0.15, -0.1) is 0 Å². The third kappa shape index (κ3) is 1.67. The predicted octanol–water partition coefficient (Wildman–Crippen LogP) is 2.81. The third-order valence-electron chi connectivity index (χ3n) is 3.01. The van der Waals surface area contributed by atoms with Crippen LogP contribution in [0.2, 0.25) is 0 Å². The van der Waals surface area contributed by atoms with Gasteiger partial charge in [0.25, 0.3) is 0 Å². The van der Waals surface area contributed by atoms with Crippen LogP contribution in [-0.2, 0) is 0 Å². The summed E-state index contributed by atoms with van der Waals surface area (Å²) in [7, 11) is 0. The van der Waals surface area contributed by atoms with E-state index in [2.05, 4.69) is 10.2 Å². The molecule has 0 unspecified atom stereocenters. The van der Waals surface area contributed by atoms with Crippen LogP contribution in [0.5, 0.6) is 0 Å². The summed E-state index contributed by atoms with van der Waals surface area (Å²) in [5.41, 5.74) is 7.48. The molecular formula is C12H11F2N3. The minimum Gasteiger partial charge on any atom is -0.382 e. The molecule has 0 saturated heterocycles. The highest BCUT2D eigenvalue weighted by Gasteiger charge is 2.30. The summed E-state index contributed by atoms with van der Waals surface area (Å²) in [6, 6.07) is 3.48. The first kappa shape index (κ1) is 10.3. The molecule has 2 aromatic rings. The lowest BCUT2D eigenvalue weighted by atomic mass is 10.0. The number of nitrogen functional groups attached to an aromatic ring is 1. The van der Waals surface area contributed by atoms with E-state index >= 15 is 0 Å². The zero-order valence-corrected chi connectivity index (χ0v) is 9.00. The fourth-order valence-corrected chi connectivity index (χ4v) is 2.01. The zero-order valence-electron chi connectivity index (χ0n) is 9.00. The summed E-state index contributed by atoms with van der Waals surface area (Å²) in [6.45, 7) is 0. The predicted molar refractivity (Wildman–Crippen MR) is 60.3 cm³/mol. The van der Waals surface area contributed by atoms with Gasteiger partial charge in [0, 0.05) is 28.8 Å². The minimum atomic E-state index is -0.611. The molecule has 3 rings (SSSR count). The first-order chi connectivity index (χ1) is 8.16. The van der Waals surface area contributed by atoms with Gasteiger partial charge in [0.1, 0.15) is 11.6 Å². The van der Waals surface area contributed by atoms with Crippen molar-refractivity contribution in [2.45, 2.75) is 18.8 Å². The molecule has 0 spiro atoms. The Morgan fingerprint density at radius 2 is 2.06 bits per heavy atom. The van der Waals surface area contributed by atoms with Crippen molar-refractivity contribution >= 4 is 5.82 Å². The lowest BCUT2D eigenvalue weighted by molar-refractivity contribution is 0.585. The summed E-state index contributed by atoms with van der Waals surface area (Å²) in [5, 5.41) is 6.75. The lowest BCUT2D eigenvalue weighted by Gasteiger charge is -2.05. The highest BCUT2D eigenvalue weighted by molar-refractivity contribution is 5.77. The van der Waals surface area contributed by atoms with Crippen molar-refractivity contribution in [3.63, 3.8) is 0 Å². The number of aromatic nitrogens is 2. The van der Waals surface area contributed by atoms with Crippen molar-refractivity contribution in [1.29, 1.82) is 0 Å². The van der Waals surface area contributed by atoms with E-state index in [4.69, 9.17) is 5.73 Å². The second-order valence-electron chi connectivity index (χ2n) is 4.30. The van der Waals surface area contributed by atoms with Gasteiger partial charge in [-0.3, -0.25) is 5.10 Å². The number of anilines is 1. The van der Waals surface area contributed by atoms with Crippen molar-refractivity contribution in [3.8, 4) is 11.1 Å². The molecule has 0 aliphatic heterocycles. The zero-order chi connectivity index (χ0) is 12.0. The maximum atomic E-state index is 13.7. The van der Waals surface area contributed by atoms with E-state index < -0.39 is 11.6 Å². The van der Waals surface area contributed by atoms with E-state index in [1.54, 1.807) is 0 Å². The van der Waals surface area contributed by atoms with Crippen LogP contribution < -0.4 is 5.73 Å². The number of benzene rings is 1. The van der Waals surface area contributed by atoms with Gasteiger partial charge in [0.05, 0.1) is 0 Å². The molecule has 1 aromatic carbocycles. The highest BCUT2D eigenvalue weighted by atomic mass is 19.1. The molecule has 17 heavy (non-hydrogen) atoms. The van der Waals surface area contributed by atoms with Gasteiger partial charge in [-0.1, -0.05) is 0 Å². The third-order valence-corrected chi connectivity index (χ3v) is 3.01. The average Bonchev–Trinajstić information content (AvgIpc) is 3.04. The number of aromatic amines is 1. The normalized spacial score (nSPS) is 15.2. The summed E-state index contributed by atoms with van der Waals surface area (Å²) in [4.78, 5) is 0. The van der Waals surface area contributed by atoms with Crippen LogP contribution in [0.15, 0.2) is 18.2 Å². The molecule has 88 valence electrons. The molecule has 5 heteroatoms. The molecule has 1 fully saturated rings. The largest absolute Gasteiger partial charge is 0.382 e. The molecule has 1 saturated carbocycles. The Labute approximate surface area is 96.6 Å². The lowest BCUT2D eigenvalue weighted by Crippen LogP contribution is -1.93. The maximum Gasteiger partial charge on any atom is 0.153 e. The van der Waals surface area contributed by atoms with E-state index in [0.29, 0.717) is 17.0 Å². The van der Waals surface area contributed by atoms with Crippen LogP contribution >= 0.6 is 0 Å². The van der Waals surface area contributed by atoms with E-state index in [1.807, 2.05) is 0 Å². The SMILES string of the molecule is Nc1n[nH]c(C2CC2)c1-c1ccc(F)cc1F. The standard InChI is InChI=1S/C12H11F2N3/c13-7-3-4-8(9(14)5-7)10-11(6-1-2-6)16-17-12(10)15/h3-6H,1-2H2,(H3,15,16,17). The van der Waals surface area contributed by atoms with Gasteiger partial charge in [0.2, 0.25) is 0 Å². The number of nitrogens with zero attached hydrogens (tertiary/aromatic N) is 1.